The normalized spacial score (nSPS) is 11.8. The van der Waals surface area contributed by atoms with Crippen molar-refractivity contribution in [1.82, 2.24) is 53.6 Å². The molecule has 64 heavy (non-hydrogen) atoms. The number of aromatic nitrogens is 11. The van der Waals surface area contributed by atoms with Gasteiger partial charge in [-0.15, -0.1) is 10.2 Å². The van der Waals surface area contributed by atoms with E-state index < -0.39 is 5.54 Å². The minimum absolute atomic E-state index is 0.147. The van der Waals surface area contributed by atoms with Crippen molar-refractivity contribution in [2.24, 2.45) is 10.8 Å². The zero-order valence-corrected chi connectivity index (χ0v) is 38.9. The third kappa shape index (κ3) is 10.8. The van der Waals surface area contributed by atoms with Crippen LogP contribution in [0.5, 0.6) is 0 Å². The van der Waals surface area contributed by atoms with Crippen LogP contribution in [0.2, 0.25) is 0 Å². The second-order valence-corrected chi connectivity index (χ2v) is 16.3. The number of fused-ring (bicyclic) bond motifs is 3. The van der Waals surface area contributed by atoms with Gasteiger partial charge in [-0.1, -0.05) is 51.1 Å². The second kappa shape index (κ2) is 21.2. The van der Waals surface area contributed by atoms with Gasteiger partial charge in [0, 0.05) is 44.7 Å². The van der Waals surface area contributed by atoms with Gasteiger partial charge in [-0.25, -0.2) is 35.7 Å². The van der Waals surface area contributed by atoms with Crippen LogP contribution in [-0.2, 0) is 12.1 Å². The number of nitrogens with one attached hydrogen (secondary N) is 4. The lowest BCUT2D eigenvalue weighted by atomic mass is 10.0. The van der Waals surface area contributed by atoms with Crippen LogP contribution in [-0.4, -0.2) is 92.7 Å². The molecular formula is C46H62N18. The SMILES string of the molecule is C=C/C=C(/Cn1c(-c2cn3c(C)nnc3c(NC(C)C)n2)nc2ccccc21)N=C.CC(C)Nc1nc(-c2nc3cnc(N(C)C)cc3n2C(C)(C)/C=C\C=N)cnc1NN.CCC. The molecule has 7 rings (SSSR count). The smallest absolute Gasteiger partial charge is 0.203 e. The molecule has 6 heterocycles. The molecule has 1 aromatic carbocycles. The van der Waals surface area contributed by atoms with Crippen molar-refractivity contribution in [1.29, 1.82) is 5.41 Å². The highest BCUT2D eigenvalue weighted by Gasteiger charge is 2.27. The van der Waals surface area contributed by atoms with E-state index in [0.29, 0.717) is 46.9 Å². The molecule has 0 aliphatic carbocycles. The number of nitrogen functional groups attached to an aromatic ring is 1. The predicted octanol–water partition coefficient (Wildman–Crippen LogP) is 8.46. The number of aryl methyl sites for hydroxylation is 1. The second-order valence-electron chi connectivity index (χ2n) is 16.3. The monoisotopic (exact) mass is 867 g/mol. The van der Waals surface area contributed by atoms with E-state index in [-0.39, 0.29) is 12.1 Å². The maximum Gasteiger partial charge on any atom is 0.203 e. The van der Waals surface area contributed by atoms with Crippen LogP contribution in [0, 0.1) is 12.3 Å². The summed E-state index contributed by atoms with van der Waals surface area (Å²) < 4.78 is 6.12. The highest BCUT2D eigenvalue weighted by Crippen LogP contribution is 2.34. The van der Waals surface area contributed by atoms with Crippen molar-refractivity contribution in [3.8, 4) is 23.0 Å². The maximum atomic E-state index is 7.41. The third-order valence-corrected chi connectivity index (χ3v) is 9.43. The predicted molar refractivity (Wildman–Crippen MR) is 263 cm³/mol. The summed E-state index contributed by atoms with van der Waals surface area (Å²) in [6, 6.07) is 10.3. The number of hydrazine groups is 1. The minimum Gasteiger partial charge on any atom is -0.365 e. The summed E-state index contributed by atoms with van der Waals surface area (Å²) in [6.07, 6.45) is 15.1. The number of aliphatic imine (C=N–C) groups is 1. The lowest BCUT2D eigenvalue weighted by Gasteiger charge is -2.26. The van der Waals surface area contributed by atoms with Gasteiger partial charge < -0.3 is 35.5 Å². The van der Waals surface area contributed by atoms with Crippen LogP contribution >= 0.6 is 0 Å². The van der Waals surface area contributed by atoms with E-state index in [0.717, 1.165) is 45.2 Å². The molecule has 0 unspecified atom stereocenters. The zero-order valence-electron chi connectivity index (χ0n) is 38.9. The summed E-state index contributed by atoms with van der Waals surface area (Å²) in [5, 5.41) is 22.5. The van der Waals surface area contributed by atoms with Crippen LogP contribution in [0.4, 0.5) is 23.3 Å². The number of benzene rings is 1. The van der Waals surface area contributed by atoms with Crippen LogP contribution in [0.25, 0.3) is 50.8 Å². The first-order valence-electron chi connectivity index (χ1n) is 21.2. The lowest BCUT2D eigenvalue weighted by molar-refractivity contribution is 0.472. The van der Waals surface area contributed by atoms with Gasteiger partial charge in [0.05, 0.1) is 46.7 Å². The molecule has 6 aromatic heterocycles. The summed E-state index contributed by atoms with van der Waals surface area (Å²) in [5.41, 5.74) is 8.41. The van der Waals surface area contributed by atoms with Gasteiger partial charge in [-0.3, -0.25) is 9.39 Å². The zero-order chi connectivity index (χ0) is 46.7. The Morgan fingerprint density at radius 2 is 1.58 bits per heavy atom. The number of imidazole rings is 2. The molecule has 0 bridgehead atoms. The van der Waals surface area contributed by atoms with Gasteiger partial charge in [-0.2, -0.15) is 0 Å². The number of pyridine rings is 1. The van der Waals surface area contributed by atoms with E-state index in [1.54, 1.807) is 24.5 Å². The van der Waals surface area contributed by atoms with E-state index >= 15 is 0 Å². The van der Waals surface area contributed by atoms with Gasteiger partial charge in [0.15, 0.2) is 29.1 Å². The summed E-state index contributed by atoms with van der Waals surface area (Å²) >= 11 is 0. The molecular weight excluding hydrogens is 805 g/mol. The molecule has 7 aromatic rings. The number of anilines is 4. The molecule has 0 fully saturated rings. The number of para-hydroxylation sites is 2. The Morgan fingerprint density at radius 3 is 2.22 bits per heavy atom. The Labute approximate surface area is 375 Å². The maximum absolute atomic E-state index is 7.41. The van der Waals surface area contributed by atoms with Crippen LogP contribution in [0.3, 0.4) is 0 Å². The fourth-order valence-corrected chi connectivity index (χ4v) is 6.67. The van der Waals surface area contributed by atoms with E-state index in [1.807, 2.05) is 92.8 Å². The summed E-state index contributed by atoms with van der Waals surface area (Å²) in [7, 11) is 3.90. The number of nitrogens with two attached hydrogens (primary N) is 1. The van der Waals surface area contributed by atoms with Gasteiger partial charge in [0.25, 0.3) is 0 Å². The Bertz CT molecular complexity index is 2780. The summed E-state index contributed by atoms with van der Waals surface area (Å²) in [5.74, 6) is 10.3. The Balaban J connectivity index is 0.000000227. The third-order valence-electron chi connectivity index (χ3n) is 9.43. The van der Waals surface area contributed by atoms with Crippen molar-refractivity contribution < 1.29 is 0 Å². The van der Waals surface area contributed by atoms with Gasteiger partial charge in [0.1, 0.15) is 28.5 Å². The molecule has 18 heteroatoms. The molecule has 18 nitrogen and oxygen atoms in total. The molecule has 6 N–H and O–H groups in total. The molecule has 0 aliphatic heterocycles. The van der Waals surface area contributed by atoms with E-state index in [4.69, 9.17) is 31.2 Å². The number of hydrogen-bond acceptors (Lipinski definition) is 15. The van der Waals surface area contributed by atoms with E-state index in [9.17, 15) is 0 Å². The fraction of sp³-hybridized carbons (Fsp3) is 0.348. The summed E-state index contributed by atoms with van der Waals surface area (Å²) in [6.45, 7) is 26.4. The number of nitrogens with zero attached hydrogens (tertiary/aromatic N) is 13. The van der Waals surface area contributed by atoms with Gasteiger partial charge in [0.2, 0.25) is 5.65 Å². The molecule has 0 aliphatic rings. The van der Waals surface area contributed by atoms with Crippen molar-refractivity contribution >= 4 is 63.9 Å². The van der Waals surface area contributed by atoms with Crippen molar-refractivity contribution in [3.63, 3.8) is 0 Å². The molecule has 336 valence electrons. The standard InChI is InChI=1S/C22H24N8.C21H30N10.C3H8/c1-6-9-16(23-5)12-30-19-11-8-7-10-17(19)26-21(30)18-13-29-15(4)27-28-22(29)20(25-18)24-14(2)3;1-13(2)26-19-18(29-23)25-12-15(27-19)20-28-14-11-24-17(30(5)6)10-16(14)31(20)21(3,4)8-7-9-22;1-3-2/h6-11,13-14H,1,5,12H2,2-4H3,(H,24,25);7-13,22H,23H2,1-6H3,(H,25,29)(H,26,27);3H2,1-2H3/b16-9-;8-7-,22-9?;. The highest BCUT2D eigenvalue weighted by atomic mass is 15.3. The lowest BCUT2D eigenvalue weighted by Crippen LogP contribution is -2.25. The fourth-order valence-electron chi connectivity index (χ4n) is 6.67. The molecule has 0 amide bonds. The number of allylic oxidation sites excluding steroid dienone is 5. The van der Waals surface area contributed by atoms with Gasteiger partial charge >= 0.3 is 0 Å². The molecule has 0 saturated carbocycles. The van der Waals surface area contributed by atoms with Crippen molar-refractivity contribution in [3.05, 3.63) is 91.3 Å². The first-order chi connectivity index (χ1) is 30.6. The Morgan fingerprint density at radius 1 is 0.906 bits per heavy atom. The average molecular weight is 867 g/mol. The number of rotatable bonds is 15. The largest absolute Gasteiger partial charge is 0.365 e. The Kier molecular flexibility index (Phi) is 15.8. The van der Waals surface area contributed by atoms with Crippen LogP contribution in [0.1, 0.15) is 67.6 Å². The van der Waals surface area contributed by atoms with E-state index in [1.165, 1.54) is 12.6 Å². The van der Waals surface area contributed by atoms with E-state index in [2.05, 4.69) is 105 Å². The van der Waals surface area contributed by atoms with Crippen LogP contribution in [0.15, 0.2) is 90.5 Å². The van der Waals surface area contributed by atoms with Crippen LogP contribution < -0.4 is 26.8 Å². The summed E-state index contributed by atoms with van der Waals surface area (Å²) in [4.78, 5) is 34.4. The molecule has 0 radical (unpaired) electrons. The Hall–Kier alpha value is -7.34. The topological polar surface area (TPSA) is 219 Å². The number of hydrogen-bond donors (Lipinski definition) is 5. The first kappa shape index (κ1) is 47.7. The minimum atomic E-state index is -0.495. The first-order valence-corrected chi connectivity index (χ1v) is 21.2. The quantitative estimate of drug-likeness (QED) is 0.0283. The molecule has 0 saturated heterocycles. The van der Waals surface area contributed by atoms with Crippen molar-refractivity contribution in [2.75, 3.05) is 35.1 Å². The molecule has 0 spiro atoms. The average Bonchev–Trinajstić information content (AvgIpc) is 3.96. The molecule has 0 atom stereocenters. The highest BCUT2D eigenvalue weighted by molar-refractivity contribution is 5.83. The van der Waals surface area contributed by atoms with Gasteiger partial charge in [-0.05, 0) is 79.5 Å². The van der Waals surface area contributed by atoms with Crippen molar-refractivity contribution in [2.45, 2.75) is 92.9 Å².